The van der Waals surface area contributed by atoms with Crippen LogP contribution in [0.1, 0.15) is 36.2 Å². The molecule has 0 bridgehead atoms. The van der Waals surface area contributed by atoms with E-state index >= 15 is 0 Å². The summed E-state index contributed by atoms with van der Waals surface area (Å²) in [5, 5.41) is 6.48. The van der Waals surface area contributed by atoms with Gasteiger partial charge < -0.3 is 19.3 Å². The summed E-state index contributed by atoms with van der Waals surface area (Å²) in [6.45, 7) is 0. The monoisotopic (exact) mass is 318 g/mol. The van der Waals surface area contributed by atoms with Crippen LogP contribution in [0.5, 0.6) is 11.8 Å². The molecule has 2 heterocycles. The predicted molar refractivity (Wildman–Crippen MR) is 79.2 cm³/mol. The van der Waals surface area contributed by atoms with Crippen LogP contribution >= 0.6 is 0 Å². The number of hydrogen-bond acceptors (Lipinski definition) is 7. The molecule has 1 saturated carbocycles. The molecule has 1 amide bonds. The summed E-state index contributed by atoms with van der Waals surface area (Å²) in [4.78, 5) is 20.1. The maximum Gasteiger partial charge on any atom is 0.290 e. The zero-order valence-corrected chi connectivity index (χ0v) is 12.8. The lowest BCUT2D eigenvalue weighted by atomic mass is 9.93. The summed E-state index contributed by atoms with van der Waals surface area (Å²) >= 11 is 0. The average molecular weight is 318 g/mol. The fourth-order valence-corrected chi connectivity index (χ4v) is 2.57. The molecule has 8 nitrogen and oxygen atoms in total. The molecule has 122 valence electrons. The largest absolute Gasteiger partial charge is 0.480 e. The number of amides is 1. The lowest BCUT2D eigenvalue weighted by Gasteiger charge is -2.28. The lowest BCUT2D eigenvalue weighted by Crippen LogP contribution is -2.39. The highest BCUT2D eigenvalue weighted by atomic mass is 16.5. The molecular weight excluding hydrogens is 300 g/mol. The molecule has 8 heteroatoms. The van der Waals surface area contributed by atoms with E-state index in [4.69, 9.17) is 14.0 Å². The van der Waals surface area contributed by atoms with Crippen LogP contribution in [0, 0.1) is 0 Å². The Hall–Kier alpha value is -2.64. The van der Waals surface area contributed by atoms with E-state index in [9.17, 15) is 4.79 Å². The Labute approximate surface area is 133 Å². The van der Waals surface area contributed by atoms with Crippen LogP contribution in [-0.4, -0.2) is 40.3 Å². The molecule has 0 spiro atoms. The molecule has 0 unspecified atom stereocenters. The first kappa shape index (κ1) is 15.3. The summed E-state index contributed by atoms with van der Waals surface area (Å²) in [7, 11) is 1.54. The van der Waals surface area contributed by atoms with Crippen LogP contribution in [0.3, 0.4) is 0 Å². The molecule has 1 fully saturated rings. The maximum absolute atomic E-state index is 11.9. The van der Waals surface area contributed by atoms with Crippen molar-refractivity contribution in [1.82, 2.24) is 20.4 Å². The Kier molecular flexibility index (Phi) is 4.70. The van der Waals surface area contributed by atoms with Crippen molar-refractivity contribution in [2.45, 2.75) is 37.8 Å². The van der Waals surface area contributed by atoms with Gasteiger partial charge in [0.05, 0.1) is 25.7 Å². The van der Waals surface area contributed by atoms with Gasteiger partial charge in [-0.2, -0.15) is 4.98 Å². The van der Waals surface area contributed by atoms with Gasteiger partial charge in [-0.25, -0.2) is 0 Å². The van der Waals surface area contributed by atoms with E-state index in [2.05, 4.69) is 20.4 Å². The van der Waals surface area contributed by atoms with Crippen LogP contribution in [-0.2, 0) is 0 Å². The van der Waals surface area contributed by atoms with E-state index in [1.165, 1.54) is 19.5 Å². The molecule has 2 aromatic rings. The Balaban J connectivity index is 1.47. The van der Waals surface area contributed by atoms with Crippen molar-refractivity contribution in [2.75, 3.05) is 7.11 Å². The third kappa shape index (κ3) is 3.97. The van der Waals surface area contributed by atoms with Crippen molar-refractivity contribution in [3.8, 4) is 11.8 Å². The average Bonchev–Trinajstić information content (AvgIpc) is 3.11. The molecule has 1 N–H and O–H groups in total. The number of carbonyl (C=O) groups excluding carboxylic acids is 1. The van der Waals surface area contributed by atoms with Gasteiger partial charge in [0.1, 0.15) is 6.10 Å². The van der Waals surface area contributed by atoms with Crippen LogP contribution in [0.25, 0.3) is 0 Å². The fourth-order valence-electron chi connectivity index (χ4n) is 2.57. The van der Waals surface area contributed by atoms with Crippen molar-refractivity contribution in [3.63, 3.8) is 0 Å². The summed E-state index contributed by atoms with van der Waals surface area (Å²) in [5.74, 6) is 0.884. The molecule has 0 aromatic carbocycles. The topological polar surface area (TPSA) is 99.4 Å². The predicted octanol–water partition coefficient (Wildman–Crippen LogP) is 1.59. The summed E-state index contributed by atoms with van der Waals surface area (Å²) in [5.41, 5.74) is 0. The highest BCUT2D eigenvalue weighted by Crippen LogP contribution is 2.23. The maximum atomic E-state index is 11.9. The fraction of sp³-hybridized carbons (Fsp3) is 0.467. The first-order valence-electron chi connectivity index (χ1n) is 7.49. The third-order valence-electron chi connectivity index (χ3n) is 3.76. The second-order valence-electron chi connectivity index (χ2n) is 5.34. The molecule has 0 radical (unpaired) electrons. The van der Waals surface area contributed by atoms with Crippen LogP contribution in [0.15, 0.2) is 29.2 Å². The first-order valence-corrected chi connectivity index (χ1v) is 7.49. The van der Waals surface area contributed by atoms with Crippen LogP contribution in [0.4, 0.5) is 0 Å². The van der Waals surface area contributed by atoms with Gasteiger partial charge in [0.25, 0.3) is 5.91 Å². The SMILES string of the molecule is COc1cncc(OC2CCC(NC(=O)c3ccno3)CC2)n1. The minimum absolute atomic E-state index is 0.0647. The molecular formula is C15H18N4O4. The van der Waals surface area contributed by atoms with Gasteiger partial charge in [-0.1, -0.05) is 5.16 Å². The van der Waals surface area contributed by atoms with E-state index in [0.29, 0.717) is 11.8 Å². The van der Waals surface area contributed by atoms with Crippen LogP contribution in [0.2, 0.25) is 0 Å². The van der Waals surface area contributed by atoms with Gasteiger partial charge >= 0.3 is 0 Å². The number of nitrogens with one attached hydrogen (secondary N) is 1. The number of ether oxygens (including phenoxy) is 2. The molecule has 0 atom stereocenters. The van der Waals surface area contributed by atoms with Crippen molar-refractivity contribution < 1.29 is 18.8 Å². The van der Waals surface area contributed by atoms with E-state index in [1.807, 2.05) is 0 Å². The second-order valence-corrected chi connectivity index (χ2v) is 5.34. The smallest absolute Gasteiger partial charge is 0.290 e. The molecule has 0 saturated heterocycles. The Morgan fingerprint density at radius 2 is 2.04 bits per heavy atom. The van der Waals surface area contributed by atoms with Crippen molar-refractivity contribution >= 4 is 5.91 Å². The normalized spacial score (nSPS) is 20.7. The first-order chi connectivity index (χ1) is 11.2. The molecule has 3 rings (SSSR count). The zero-order valence-electron chi connectivity index (χ0n) is 12.8. The number of rotatable bonds is 5. The Morgan fingerprint density at radius 3 is 2.74 bits per heavy atom. The highest BCUT2D eigenvalue weighted by molar-refractivity contribution is 5.91. The van der Waals surface area contributed by atoms with E-state index in [-0.39, 0.29) is 23.8 Å². The molecule has 0 aliphatic heterocycles. The van der Waals surface area contributed by atoms with Gasteiger partial charge in [-0.3, -0.25) is 9.78 Å². The number of hydrogen-bond donors (Lipinski definition) is 1. The highest BCUT2D eigenvalue weighted by Gasteiger charge is 2.25. The summed E-state index contributed by atoms with van der Waals surface area (Å²) in [6, 6.07) is 1.66. The standard InChI is InChI=1S/C15H18N4O4/c1-21-13-8-16-9-14(19-13)22-11-4-2-10(3-5-11)18-15(20)12-6-7-17-23-12/h6-11H,2-5H2,1H3,(H,18,20). The quantitative estimate of drug-likeness (QED) is 0.893. The minimum Gasteiger partial charge on any atom is -0.480 e. The van der Waals surface area contributed by atoms with Gasteiger partial charge in [0, 0.05) is 12.1 Å². The minimum atomic E-state index is -0.231. The number of nitrogens with zero attached hydrogens (tertiary/aromatic N) is 3. The van der Waals surface area contributed by atoms with Gasteiger partial charge in [-0.05, 0) is 25.7 Å². The number of methoxy groups -OCH3 is 1. The van der Waals surface area contributed by atoms with Crippen molar-refractivity contribution in [2.24, 2.45) is 0 Å². The summed E-state index contributed by atoms with van der Waals surface area (Å²) in [6.07, 6.45) is 7.96. The zero-order chi connectivity index (χ0) is 16.1. The van der Waals surface area contributed by atoms with Gasteiger partial charge in [0.15, 0.2) is 0 Å². The van der Waals surface area contributed by atoms with E-state index in [1.54, 1.807) is 12.3 Å². The lowest BCUT2D eigenvalue weighted by molar-refractivity contribution is 0.0854. The third-order valence-corrected chi connectivity index (χ3v) is 3.76. The van der Waals surface area contributed by atoms with E-state index in [0.717, 1.165) is 25.7 Å². The van der Waals surface area contributed by atoms with Crippen molar-refractivity contribution in [1.29, 1.82) is 0 Å². The Bertz CT molecular complexity index is 639. The number of carbonyl (C=O) groups is 1. The van der Waals surface area contributed by atoms with Crippen molar-refractivity contribution in [3.05, 3.63) is 30.4 Å². The van der Waals surface area contributed by atoms with Gasteiger partial charge in [0.2, 0.25) is 17.5 Å². The van der Waals surface area contributed by atoms with Crippen LogP contribution < -0.4 is 14.8 Å². The van der Waals surface area contributed by atoms with Gasteiger partial charge in [-0.15, -0.1) is 0 Å². The van der Waals surface area contributed by atoms with E-state index < -0.39 is 0 Å². The molecule has 1 aliphatic rings. The second kappa shape index (κ2) is 7.08. The summed E-state index contributed by atoms with van der Waals surface area (Å²) < 4.78 is 15.7. The molecule has 1 aliphatic carbocycles. The molecule has 23 heavy (non-hydrogen) atoms. The number of aromatic nitrogens is 3. The Morgan fingerprint density at radius 1 is 1.26 bits per heavy atom. The molecule has 2 aromatic heterocycles.